The first-order valence-electron chi connectivity index (χ1n) is 11.7. The number of thiophene rings is 1. The number of aromatic hydroxyl groups is 1. The van der Waals surface area contributed by atoms with Crippen molar-refractivity contribution in [2.24, 2.45) is 0 Å². The normalized spacial score (nSPS) is 13.3. The summed E-state index contributed by atoms with van der Waals surface area (Å²) in [5.74, 6) is 0.0433. The van der Waals surface area contributed by atoms with Gasteiger partial charge in [0.1, 0.15) is 5.75 Å². The Bertz CT molecular complexity index is 1330. The summed E-state index contributed by atoms with van der Waals surface area (Å²) in [6.45, 7) is 0.506. The molecule has 0 spiro atoms. The Morgan fingerprint density at radius 2 is 1.89 bits per heavy atom. The number of rotatable bonds is 7. The van der Waals surface area contributed by atoms with E-state index in [4.69, 9.17) is 0 Å². The first kappa shape index (κ1) is 22.9. The Labute approximate surface area is 207 Å². The molecular formula is C27H26N4O3S. The van der Waals surface area contributed by atoms with Gasteiger partial charge in [0, 0.05) is 29.8 Å². The number of phenolic OH excluding ortho intramolecular Hbond substituents is 1. The highest BCUT2D eigenvalue weighted by Crippen LogP contribution is 2.39. The Morgan fingerprint density at radius 3 is 2.57 bits per heavy atom. The number of nitrogens with one attached hydrogen (secondary N) is 2. The van der Waals surface area contributed by atoms with E-state index in [2.05, 4.69) is 15.7 Å². The molecule has 2 aromatic carbocycles. The Kier molecular flexibility index (Phi) is 6.63. The van der Waals surface area contributed by atoms with E-state index in [0.717, 1.165) is 36.9 Å². The predicted octanol–water partition coefficient (Wildman–Crippen LogP) is 5.64. The lowest BCUT2D eigenvalue weighted by Gasteiger charge is -2.25. The van der Waals surface area contributed by atoms with Crippen molar-refractivity contribution < 1.29 is 14.7 Å². The van der Waals surface area contributed by atoms with Crippen LogP contribution in [0.25, 0.3) is 11.3 Å². The standard InChI is InChI=1S/C27H26N4O3S/c32-24-16-20(29-26(33)25-10-5-15-35-25)11-12-21(24)22-17-23(19-8-4-9-19)31(30-22)27(34)28-14-13-18-6-2-1-3-7-18/h1-3,5-7,10-12,15-17,19,32H,4,8-9,13-14H2,(H,28,34)(H,29,33). The topological polar surface area (TPSA) is 96.3 Å². The quantitative estimate of drug-likeness (QED) is 0.315. The van der Waals surface area contributed by atoms with Gasteiger partial charge in [0.15, 0.2) is 0 Å². The second-order valence-corrected chi connectivity index (χ2v) is 9.57. The highest BCUT2D eigenvalue weighted by Gasteiger charge is 2.27. The summed E-state index contributed by atoms with van der Waals surface area (Å²) in [5, 5.41) is 22.9. The number of aromatic nitrogens is 2. The highest BCUT2D eigenvalue weighted by molar-refractivity contribution is 7.12. The number of hydrogen-bond donors (Lipinski definition) is 3. The van der Waals surface area contributed by atoms with Crippen molar-refractivity contribution in [3.63, 3.8) is 0 Å². The van der Waals surface area contributed by atoms with E-state index >= 15 is 0 Å². The molecule has 1 fully saturated rings. The van der Waals surface area contributed by atoms with Gasteiger partial charge in [0.25, 0.3) is 5.91 Å². The number of carbonyl (C=O) groups is 2. The minimum Gasteiger partial charge on any atom is -0.507 e. The second kappa shape index (κ2) is 10.1. The van der Waals surface area contributed by atoms with Crippen LogP contribution in [0.1, 0.15) is 46.1 Å². The summed E-state index contributed by atoms with van der Waals surface area (Å²) in [5.41, 5.74) is 3.54. The zero-order valence-electron chi connectivity index (χ0n) is 19.1. The van der Waals surface area contributed by atoms with E-state index in [0.29, 0.717) is 28.4 Å². The molecule has 35 heavy (non-hydrogen) atoms. The minimum absolute atomic E-state index is 0.0109. The zero-order chi connectivity index (χ0) is 24.2. The molecule has 0 saturated heterocycles. The molecule has 3 N–H and O–H groups in total. The smallest absolute Gasteiger partial charge is 0.342 e. The largest absolute Gasteiger partial charge is 0.507 e. The lowest BCUT2D eigenvalue weighted by molar-refractivity contribution is 0.103. The fraction of sp³-hybridized carbons (Fsp3) is 0.222. The Balaban J connectivity index is 1.33. The van der Waals surface area contributed by atoms with E-state index in [1.54, 1.807) is 18.2 Å². The third-order valence-corrected chi connectivity index (χ3v) is 7.13. The van der Waals surface area contributed by atoms with E-state index < -0.39 is 0 Å². The van der Waals surface area contributed by atoms with Crippen molar-refractivity contribution >= 4 is 29.0 Å². The molecule has 1 saturated carbocycles. The van der Waals surface area contributed by atoms with Crippen LogP contribution >= 0.6 is 11.3 Å². The van der Waals surface area contributed by atoms with Crippen LogP contribution in [0.4, 0.5) is 10.5 Å². The molecule has 0 aliphatic heterocycles. The Hall–Kier alpha value is -3.91. The summed E-state index contributed by atoms with van der Waals surface area (Å²) in [6.07, 6.45) is 3.90. The van der Waals surface area contributed by atoms with Gasteiger partial charge in [-0.1, -0.05) is 42.8 Å². The van der Waals surface area contributed by atoms with Gasteiger partial charge >= 0.3 is 6.03 Å². The number of nitrogens with zero attached hydrogens (tertiary/aromatic N) is 2. The van der Waals surface area contributed by atoms with Crippen LogP contribution in [0.2, 0.25) is 0 Å². The van der Waals surface area contributed by atoms with E-state index in [9.17, 15) is 14.7 Å². The number of anilines is 1. The maximum absolute atomic E-state index is 13.0. The van der Waals surface area contributed by atoms with Crippen molar-refractivity contribution in [3.05, 3.63) is 88.2 Å². The number of carbonyl (C=O) groups excluding carboxylic acids is 2. The molecule has 0 bridgehead atoms. The molecule has 7 nitrogen and oxygen atoms in total. The monoisotopic (exact) mass is 486 g/mol. The van der Waals surface area contributed by atoms with Gasteiger partial charge in [-0.15, -0.1) is 11.3 Å². The molecule has 0 atom stereocenters. The Morgan fingerprint density at radius 1 is 1.06 bits per heavy atom. The van der Waals surface area contributed by atoms with Crippen LogP contribution in [0.3, 0.4) is 0 Å². The molecular weight excluding hydrogens is 460 g/mol. The van der Waals surface area contributed by atoms with E-state index in [-0.39, 0.29) is 23.6 Å². The zero-order valence-corrected chi connectivity index (χ0v) is 19.9. The number of benzene rings is 2. The van der Waals surface area contributed by atoms with Crippen molar-refractivity contribution in [2.45, 2.75) is 31.6 Å². The van der Waals surface area contributed by atoms with Crippen LogP contribution in [-0.4, -0.2) is 33.4 Å². The third kappa shape index (κ3) is 5.12. The van der Waals surface area contributed by atoms with Crippen LogP contribution in [0.15, 0.2) is 72.1 Å². The first-order chi connectivity index (χ1) is 17.1. The van der Waals surface area contributed by atoms with Crippen molar-refractivity contribution in [1.82, 2.24) is 15.1 Å². The van der Waals surface area contributed by atoms with Crippen LogP contribution < -0.4 is 10.6 Å². The molecule has 1 aliphatic rings. The molecule has 2 heterocycles. The molecule has 2 amide bonds. The van der Waals surface area contributed by atoms with Crippen LogP contribution in [0.5, 0.6) is 5.75 Å². The molecule has 2 aromatic heterocycles. The molecule has 0 radical (unpaired) electrons. The maximum Gasteiger partial charge on any atom is 0.342 e. The predicted molar refractivity (Wildman–Crippen MR) is 137 cm³/mol. The number of amides is 2. The summed E-state index contributed by atoms with van der Waals surface area (Å²) >= 11 is 1.35. The summed E-state index contributed by atoms with van der Waals surface area (Å²) in [6, 6.07) is 20.1. The van der Waals surface area contributed by atoms with Crippen molar-refractivity contribution in [1.29, 1.82) is 0 Å². The van der Waals surface area contributed by atoms with Crippen molar-refractivity contribution in [3.8, 4) is 17.0 Å². The van der Waals surface area contributed by atoms with Crippen molar-refractivity contribution in [2.75, 3.05) is 11.9 Å². The van der Waals surface area contributed by atoms with E-state index in [1.807, 2.05) is 47.8 Å². The average Bonchev–Trinajstić information content (AvgIpc) is 3.50. The van der Waals surface area contributed by atoms with Gasteiger partial charge in [-0.05, 0) is 54.5 Å². The van der Waals surface area contributed by atoms with Gasteiger partial charge in [0.05, 0.1) is 16.3 Å². The summed E-state index contributed by atoms with van der Waals surface area (Å²) in [7, 11) is 0. The maximum atomic E-state index is 13.0. The average molecular weight is 487 g/mol. The summed E-state index contributed by atoms with van der Waals surface area (Å²) < 4.78 is 1.44. The summed E-state index contributed by atoms with van der Waals surface area (Å²) in [4.78, 5) is 25.9. The van der Waals surface area contributed by atoms with E-state index in [1.165, 1.54) is 22.1 Å². The van der Waals surface area contributed by atoms with Gasteiger partial charge < -0.3 is 15.7 Å². The van der Waals surface area contributed by atoms with Gasteiger partial charge in [-0.25, -0.2) is 4.79 Å². The van der Waals surface area contributed by atoms with Crippen LogP contribution in [-0.2, 0) is 6.42 Å². The van der Waals surface area contributed by atoms with Gasteiger partial charge in [-0.2, -0.15) is 9.78 Å². The lowest BCUT2D eigenvalue weighted by atomic mass is 9.82. The first-order valence-corrected chi connectivity index (χ1v) is 12.6. The fourth-order valence-electron chi connectivity index (χ4n) is 4.14. The number of hydrogen-bond acceptors (Lipinski definition) is 5. The molecule has 4 aromatic rings. The second-order valence-electron chi connectivity index (χ2n) is 8.62. The molecule has 5 rings (SSSR count). The molecule has 1 aliphatic carbocycles. The van der Waals surface area contributed by atoms with Gasteiger partial charge in [0.2, 0.25) is 0 Å². The molecule has 178 valence electrons. The fourth-order valence-corrected chi connectivity index (χ4v) is 4.76. The number of phenols is 1. The lowest BCUT2D eigenvalue weighted by Crippen LogP contribution is -2.33. The molecule has 8 heteroatoms. The molecule has 0 unspecified atom stereocenters. The highest BCUT2D eigenvalue weighted by atomic mass is 32.1. The third-order valence-electron chi connectivity index (χ3n) is 6.26. The van der Waals surface area contributed by atoms with Gasteiger partial charge in [-0.3, -0.25) is 4.79 Å². The minimum atomic E-state index is -0.270. The SMILES string of the molecule is O=C(Nc1ccc(-c2cc(C3CCC3)n(C(=O)NCCc3ccccc3)n2)c(O)c1)c1cccs1. The van der Waals surface area contributed by atoms with Crippen LogP contribution in [0, 0.1) is 0 Å².